The second kappa shape index (κ2) is 12.6. The van der Waals surface area contributed by atoms with Crippen LogP contribution in [-0.4, -0.2) is 65.9 Å². The number of ether oxygens (including phenoxy) is 3. The molecular formula is C27H24N8O8S. The van der Waals surface area contributed by atoms with Gasteiger partial charge in [-0.3, -0.25) is 5.32 Å². The standard InChI is InChI=1S/C27H24N8O8S/c1-16-28-24(32-26(29-16)41-4)18-10-5-7-11-20(18)35(27(36)33-25-30-22(39-2)15-23(31-25)40-3)44(37,38)43-21-12-8-6-9-17(21)19-13-14-42-34-19/h5-15H,1-4H3,(H,30,31,33,36). The molecule has 5 rings (SSSR count). The Morgan fingerprint density at radius 2 is 1.52 bits per heavy atom. The van der Waals surface area contributed by atoms with E-state index < -0.39 is 16.3 Å². The number of amides is 2. The maximum Gasteiger partial charge on any atom is 0.418 e. The van der Waals surface area contributed by atoms with Crippen LogP contribution in [0.15, 0.2) is 71.4 Å². The first kappa shape index (κ1) is 29.6. The zero-order chi connectivity index (χ0) is 31.3. The number of benzene rings is 2. The number of methoxy groups -OCH3 is 3. The van der Waals surface area contributed by atoms with Crippen LogP contribution < -0.4 is 28.0 Å². The summed E-state index contributed by atoms with van der Waals surface area (Å²) in [5.41, 5.74) is 0.549. The van der Waals surface area contributed by atoms with Crippen LogP contribution in [0.1, 0.15) is 5.82 Å². The highest BCUT2D eigenvalue weighted by molar-refractivity contribution is 7.89. The molecule has 2 aromatic carbocycles. The lowest BCUT2D eigenvalue weighted by Crippen LogP contribution is -2.43. The average Bonchev–Trinajstić information content (AvgIpc) is 3.55. The molecule has 0 aliphatic heterocycles. The van der Waals surface area contributed by atoms with E-state index in [4.69, 9.17) is 22.9 Å². The van der Waals surface area contributed by atoms with E-state index in [-0.39, 0.29) is 57.9 Å². The summed E-state index contributed by atoms with van der Waals surface area (Å²) in [6, 6.07) is 13.9. The number of rotatable bonds is 10. The van der Waals surface area contributed by atoms with E-state index in [1.807, 2.05) is 0 Å². The molecule has 0 bridgehead atoms. The third kappa shape index (κ3) is 6.31. The summed E-state index contributed by atoms with van der Waals surface area (Å²) in [6.45, 7) is 1.61. The van der Waals surface area contributed by atoms with Gasteiger partial charge < -0.3 is 22.9 Å². The molecule has 44 heavy (non-hydrogen) atoms. The average molecular weight is 621 g/mol. The van der Waals surface area contributed by atoms with Gasteiger partial charge >= 0.3 is 22.3 Å². The third-order valence-corrected chi connectivity index (χ3v) is 6.99. The molecule has 1 N–H and O–H groups in total. The Morgan fingerprint density at radius 1 is 0.841 bits per heavy atom. The monoisotopic (exact) mass is 620 g/mol. The van der Waals surface area contributed by atoms with Crippen molar-refractivity contribution in [2.24, 2.45) is 0 Å². The molecule has 0 saturated carbocycles. The number of carbonyl (C=O) groups is 1. The van der Waals surface area contributed by atoms with Crippen molar-refractivity contribution >= 4 is 28.0 Å². The number of aromatic nitrogens is 6. The van der Waals surface area contributed by atoms with Gasteiger partial charge in [-0.1, -0.05) is 29.4 Å². The van der Waals surface area contributed by atoms with Crippen LogP contribution in [0.25, 0.3) is 22.6 Å². The first-order valence-electron chi connectivity index (χ1n) is 12.6. The number of nitrogens with zero attached hydrogens (tertiary/aromatic N) is 7. The Labute approximate surface area is 250 Å². The van der Waals surface area contributed by atoms with Crippen LogP contribution in [0, 0.1) is 6.92 Å². The summed E-state index contributed by atoms with van der Waals surface area (Å²) in [6.07, 6.45) is 1.32. The minimum Gasteiger partial charge on any atom is -0.481 e. The highest BCUT2D eigenvalue weighted by Crippen LogP contribution is 2.35. The molecule has 3 aromatic heterocycles. The summed E-state index contributed by atoms with van der Waals surface area (Å²) in [7, 11) is -0.929. The van der Waals surface area contributed by atoms with Crippen molar-refractivity contribution in [2.45, 2.75) is 6.92 Å². The van der Waals surface area contributed by atoms with E-state index in [0.717, 1.165) is 0 Å². The summed E-state index contributed by atoms with van der Waals surface area (Å²) in [4.78, 5) is 34.7. The molecule has 0 spiro atoms. The molecule has 226 valence electrons. The number of nitrogens with one attached hydrogen (secondary N) is 1. The Morgan fingerprint density at radius 3 is 2.18 bits per heavy atom. The van der Waals surface area contributed by atoms with Crippen molar-refractivity contribution in [1.82, 2.24) is 30.1 Å². The molecule has 0 aliphatic carbocycles. The van der Waals surface area contributed by atoms with E-state index in [1.54, 1.807) is 31.2 Å². The Balaban J connectivity index is 1.65. The van der Waals surface area contributed by atoms with Crippen molar-refractivity contribution in [2.75, 3.05) is 31.0 Å². The molecule has 16 nitrogen and oxygen atoms in total. The molecule has 0 unspecified atom stereocenters. The van der Waals surface area contributed by atoms with Crippen molar-refractivity contribution in [3.8, 4) is 46.2 Å². The summed E-state index contributed by atoms with van der Waals surface area (Å²) >= 11 is 0. The number of aryl methyl sites for hydroxylation is 1. The van der Waals surface area contributed by atoms with Crippen LogP contribution >= 0.6 is 0 Å². The predicted octanol–water partition coefficient (Wildman–Crippen LogP) is 3.68. The Hall–Kier alpha value is -5.84. The van der Waals surface area contributed by atoms with Gasteiger partial charge in [0.25, 0.3) is 0 Å². The third-order valence-electron chi connectivity index (χ3n) is 5.79. The van der Waals surface area contributed by atoms with Gasteiger partial charge in [-0.25, -0.2) is 9.78 Å². The Kier molecular flexibility index (Phi) is 8.47. The summed E-state index contributed by atoms with van der Waals surface area (Å²) in [5, 5.41) is 6.24. The smallest absolute Gasteiger partial charge is 0.418 e. The van der Waals surface area contributed by atoms with E-state index in [1.165, 1.54) is 64.0 Å². The highest BCUT2D eigenvalue weighted by Gasteiger charge is 2.35. The Bertz CT molecular complexity index is 1880. The van der Waals surface area contributed by atoms with Gasteiger partial charge in [0, 0.05) is 17.2 Å². The van der Waals surface area contributed by atoms with Crippen molar-refractivity contribution in [1.29, 1.82) is 0 Å². The zero-order valence-corrected chi connectivity index (χ0v) is 24.5. The zero-order valence-electron chi connectivity index (χ0n) is 23.7. The lowest BCUT2D eigenvalue weighted by atomic mass is 10.1. The lowest BCUT2D eigenvalue weighted by molar-refractivity contribution is 0.259. The van der Waals surface area contributed by atoms with Crippen LogP contribution in [0.2, 0.25) is 0 Å². The number of para-hydroxylation sites is 2. The molecule has 3 heterocycles. The highest BCUT2D eigenvalue weighted by atomic mass is 32.2. The molecule has 0 saturated heterocycles. The molecule has 0 radical (unpaired) electrons. The molecule has 0 fully saturated rings. The lowest BCUT2D eigenvalue weighted by Gasteiger charge is -2.24. The fraction of sp³-hybridized carbons (Fsp3) is 0.148. The van der Waals surface area contributed by atoms with Gasteiger partial charge in [-0.05, 0) is 31.2 Å². The van der Waals surface area contributed by atoms with Crippen molar-refractivity contribution < 1.29 is 36.1 Å². The fourth-order valence-corrected chi connectivity index (χ4v) is 5.00. The first-order valence-corrected chi connectivity index (χ1v) is 14.0. The van der Waals surface area contributed by atoms with Gasteiger partial charge in [0.15, 0.2) is 11.6 Å². The SMILES string of the molecule is COc1cc(OC)nc(NC(=O)N(c2ccccc2-c2nc(C)nc(OC)n2)S(=O)(=O)Oc2ccccc2-c2ccon2)n1. The second-order valence-electron chi connectivity index (χ2n) is 8.60. The van der Waals surface area contributed by atoms with Crippen LogP contribution in [0.3, 0.4) is 0 Å². The second-order valence-corrected chi connectivity index (χ2v) is 9.99. The van der Waals surface area contributed by atoms with Crippen LogP contribution in [0.5, 0.6) is 23.5 Å². The largest absolute Gasteiger partial charge is 0.481 e. The molecule has 2 amide bonds. The maximum atomic E-state index is 14.1. The number of urea groups is 1. The van der Waals surface area contributed by atoms with Crippen LogP contribution in [0.4, 0.5) is 16.4 Å². The van der Waals surface area contributed by atoms with Gasteiger partial charge in [-0.2, -0.15) is 32.7 Å². The molecule has 17 heteroatoms. The van der Waals surface area contributed by atoms with Gasteiger partial charge in [0.1, 0.15) is 17.8 Å². The minimum absolute atomic E-state index is 0.0178. The maximum absolute atomic E-state index is 14.1. The summed E-state index contributed by atoms with van der Waals surface area (Å²) < 4.78 is 54.5. The quantitative estimate of drug-likeness (QED) is 0.237. The van der Waals surface area contributed by atoms with E-state index in [0.29, 0.717) is 10.00 Å². The van der Waals surface area contributed by atoms with Gasteiger partial charge in [0.2, 0.25) is 17.7 Å². The minimum atomic E-state index is -5.01. The topological polar surface area (TPSA) is 194 Å². The normalized spacial score (nSPS) is 11.0. The van der Waals surface area contributed by atoms with Gasteiger partial charge in [-0.15, -0.1) is 0 Å². The molecule has 0 aliphatic rings. The van der Waals surface area contributed by atoms with Crippen molar-refractivity contribution in [3.63, 3.8) is 0 Å². The predicted molar refractivity (Wildman–Crippen MR) is 155 cm³/mol. The van der Waals surface area contributed by atoms with Crippen molar-refractivity contribution in [3.05, 3.63) is 72.8 Å². The first-order chi connectivity index (χ1) is 21.2. The van der Waals surface area contributed by atoms with E-state index in [9.17, 15) is 13.2 Å². The number of hydrogen-bond donors (Lipinski definition) is 1. The molecular weight excluding hydrogens is 596 g/mol. The molecule has 5 aromatic rings. The van der Waals surface area contributed by atoms with Crippen LogP contribution in [-0.2, 0) is 10.3 Å². The molecule has 0 atom stereocenters. The van der Waals surface area contributed by atoms with E-state index in [2.05, 4.69) is 35.4 Å². The van der Waals surface area contributed by atoms with Gasteiger partial charge in [0.05, 0.1) is 33.1 Å². The fourth-order valence-electron chi connectivity index (χ4n) is 3.91. The number of carbonyl (C=O) groups excluding carboxylic acids is 1. The number of hydrogen-bond acceptors (Lipinski definition) is 14. The number of anilines is 2. The summed E-state index contributed by atoms with van der Waals surface area (Å²) in [5.74, 6) is -0.0337. The van der Waals surface area contributed by atoms with E-state index >= 15 is 0 Å².